The van der Waals surface area contributed by atoms with Crippen molar-refractivity contribution in [3.05, 3.63) is 58.2 Å². The minimum atomic E-state index is -4.05. The van der Waals surface area contributed by atoms with Crippen molar-refractivity contribution in [2.24, 2.45) is 0 Å². The molecule has 2 aromatic rings. The molecule has 0 unspecified atom stereocenters. The normalized spacial score (nSPS) is 11.1. The molecule has 0 radical (unpaired) electrons. The molecule has 0 aliphatic heterocycles. The van der Waals surface area contributed by atoms with Crippen molar-refractivity contribution in [1.82, 2.24) is 4.98 Å². The molecule has 0 bridgehead atoms. The lowest BCUT2D eigenvalue weighted by molar-refractivity contribution is -0.387. The van der Waals surface area contributed by atoms with E-state index in [1.807, 2.05) is 0 Å². The Morgan fingerprint density at radius 2 is 2.05 bits per heavy atom. The molecule has 7 nitrogen and oxygen atoms in total. The van der Waals surface area contributed by atoms with Crippen LogP contribution < -0.4 is 4.72 Å². The molecule has 0 aliphatic rings. The zero-order valence-corrected chi connectivity index (χ0v) is 11.6. The molecule has 0 spiro atoms. The molecule has 0 amide bonds. The molecule has 0 saturated carbocycles. The van der Waals surface area contributed by atoms with Gasteiger partial charge in [0, 0.05) is 18.3 Å². The Kier molecular flexibility index (Phi) is 3.85. The van der Waals surface area contributed by atoms with E-state index in [1.54, 1.807) is 13.0 Å². The van der Waals surface area contributed by atoms with Crippen molar-refractivity contribution in [1.29, 1.82) is 0 Å². The van der Waals surface area contributed by atoms with Crippen LogP contribution in [-0.2, 0) is 10.0 Å². The number of pyridine rings is 1. The van der Waals surface area contributed by atoms with Gasteiger partial charge in [0.1, 0.15) is 0 Å². The fourth-order valence-corrected chi connectivity index (χ4v) is 2.73. The number of hydrogen-bond donors (Lipinski definition) is 1. The predicted octanol–water partition coefficient (Wildman–Crippen LogP) is 2.24. The second-order valence-corrected chi connectivity index (χ2v) is 5.79. The van der Waals surface area contributed by atoms with Gasteiger partial charge in [-0.1, -0.05) is 0 Å². The fraction of sp³-hybridized carbons (Fsp3) is 0.0833. The van der Waals surface area contributed by atoms with Gasteiger partial charge in [0.2, 0.25) is 5.82 Å². The Balaban J connectivity index is 2.39. The smallest absolute Gasteiger partial charge is 0.278 e. The summed E-state index contributed by atoms with van der Waals surface area (Å²) < 4.78 is 40.0. The van der Waals surface area contributed by atoms with Gasteiger partial charge >= 0.3 is 5.69 Å². The van der Waals surface area contributed by atoms with E-state index in [4.69, 9.17) is 0 Å². The number of nitro groups is 1. The first-order valence-corrected chi connectivity index (χ1v) is 7.18. The number of aromatic nitrogens is 1. The van der Waals surface area contributed by atoms with Crippen LogP contribution in [0.15, 0.2) is 41.4 Å². The molecular formula is C12H10FN3O4S. The lowest BCUT2D eigenvalue weighted by Crippen LogP contribution is -2.14. The first-order valence-electron chi connectivity index (χ1n) is 5.69. The second kappa shape index (κ2) is 5.44. The van der Waals surface area contributed by atoms with Crippen LogP contribution in [0.5, 0.6) is 0 Å². The van der Waals surface area contributed by atoms with Gasteiger partial charge in [-0.15, -0.1) is 0 Å². The van der Waals surface area contributed by atoms with E-state index >= 15 is 0 Å². The Hall–Kier alpha value is -2.55. The van der Waals surface area contributed by atoms with Gasteiger partial charge in [-0.25, -0.2) is 8.42 Å². The SMILES string of the molecule is Cc1ncccc1NS(=O)(=O)c1ccc([N+](=O)[O-])c(F)c1. The maximum atomic E-state index is 13.5. The van der Waals surface area contributed by atoms with E-state index in [0.717, 1.165) is 12.1 Å². The second-order valence-electron chi connectivity index (χ2n) is 4.11. The lowest BCUT2D eigenvalue weighted by Gasteiger charge is -2.09. The Labute approximate surface area is 119 Å². The van der Waals surface area contributed by atoms with Crippen LogP contribution in [0.3, 0.4) is 0 Å². The molecule has 110 valence electrons. The number of rotatable bonds is 4. The molecule has 1 aromatic heterocycles. The number of halogens is 1. The van der Waals surface area contributed by atoms with Gasteiger partial charge in [-0.05, 0) is 25.1 Å². The number of benzene rings is 1. The lowest BCUT2D eigenvalue weighted by atomic mass is 10.3. The minimum absolute atomic E-state index is 0.247. The maximum Gasteiger partial charge on any atom is 0.304 e. The largest absolute Gasteiger partial charge is 0.304 e. The van der Waals surface area contributed by atoms with E-state index in [9.17, 15) is 22.9 Å². The van der Waals surface area contributed by atoms with Gasteiger partial charge in [0.05, 0.1) is 21.2 Å². The van der Waals surface area contributed by atoms with E-state index in [1.165, 1.54) is 12.3 Å². The molecule has 0 aliphatic carbocycles. The van der Waals surface area contributed by atoms with Gasteiger partial charge in [-0.3, -0.25) is 19.8 Å². The van der Waals surface area contributed by atoms with Crippen LogP contribution in [0.25, 0.3) is 0 Å². The molecule has 0 fully saturated rings. The summed E-state index contributed by atoms with van der Waals surface area (Å²) in [7, 11) is -4.05. The van der Waals surface area contributed by atoms with Gasteiger partial charge < -0.3 is 0 Å². The molecule has 0 atom stereocenters. The number of sulfonamides is 1. The predicted molar refractivity (Wildman–Crippen MR) is 72.8 cm³/mol. The monoisotopic (exact) mass is 311 g/mol. The summed E-state index contributed by atoms with van der Waals surface area (Å²) in [6.07, 6.45) is 1.50. The number of nitro benzene ring substituents is 1. The Bertz CT molecular complexity index is 808. The first-order chi connectivity index (χ1) is 9.81. The quantitative estimate of drug-likeness (QED) is 0.689. The maximum absolute atomic E-state index is 13.5. The highest BCUT2D eigenvalue weighted by Crippen LogP contribution is 2.23. The number of anilines is 1. The van der Waals surface area contributed by atoms with Crippen molar-refractivity contribution in [2.75, 3.05) is 4.72 Å². The topological polar surface area (TPSA) is 102 Å². The average molecular weight is 311 g/mol. The summed E-state index contributed by atoms with van der Waals surface area (Å²) >= 11 is 0. The van der Waals surface area contributed by atoms with Crippen molar-refractivity contribution < 1.29 is 17.7 Å². The van der Waals surface area contributed by atoms with Crippen LogP contribution in [0, 0.1) is 22.9 Å². The van der Waals surface area contributed by atoms with Crippen LogP contribution in [0.2, 0.25) is 0 Å². The minimum Gasteiger partial charge on any atom is -0.278 e. The number of aryl methyl sites for hydroxylation is 1. The Morgan fingerprint density at radius 3 is 2.62 bits per heavy atom. The molecule has 21 heavy (non-hydrogen) atoms. The third-order valence-electron chi connectivity index (χ3n) is 2.68. The first kappa shape index (κ1) is 14.9. The summed E-state index contributed by atoms with van der Waals surface area (Å²) in [6, 6.07) is 5.42. The molecule has 1 heterocycles. The van der Waals surface area contributed by atoms with Crippen molar-refractivity contribution >= 4 is 21.4 Å². The van der Waals surface area contributed by atoms with Crippen LogP contribution in [0.1, 0.15) is 5.69 Å². The van der Waals surface area contributed by atoms with Crippen LogP contribution in [-0.4, -0.2) is 18.3 Å². The van der Waals surface area contributed by atoms with Crippen molar-refractivity contribution in [2.45, 2.75) is 11.8 Å². The summed E-state index contributed by atoms with van der Waals surface area (Å²) in [5, 5.41) is 10.5. The molecule has 0 saturated heterocycles. The highest BCUT2D eigenvalue weighted by Gasteiger charge is 2.21. The number of hydrogen-bond acceptors (Lipinski definition) is 5. The molecule has 1 aromatic carbocycles. The van der Waals surface area contributed by atoms with Gasteiger partial charge in [0.15, 0.2) is 0 Å². The number of nitrogens with zero attached hydrogens (tertiary/aromatic N) is 2. The van der Waals surface area contributed by atoms with Gasteiger partial charge in [0.25, 0.3) is 10.0 Å². The van der Waals surface area contributed by atoms with Crippen LogP contribution >= 0.6 is 0 Å². The van der Waals surface area contributed by atoms with Gasteiger partial charge in [-0.2, -0.15) is 4.39 Å². The third-order valence-corrected chi connectivity index (χ3v) is 4.04. The van der Waals surface area contributed by atoms with E-state index in [2.05, 4.69) is 9.71 Å². The van der Waals surface area contributed by atoms with Crippen molar-refractivity contribution in [3.63, 3.8) is 0 Å². The molecule has 1 N–H and O–H groups in total. The van der Waals surface area contributed by atoms with E-state index < -0.39 is 31.3 Å². The summed E-state index contributed by atoms with van der Waals surface area (Å²) in [4.78, 5) is 13.1. The Morgan fingerprint density at radius 1 is 1.33 bits per heavy atom. The fourth-order valence-electron chi connectivity index (χ4n) is 1.60. The zero-order chi connectivity index (χ0) is 15.6. The third kappa shape index (κ3) is 3.14. The summed E-state index contributed by atoms with van der Waals surface area (Å²) in [5.41, 5.74) is -0.0915. The molecule has 2 rings (SSSR count). The standard InChI is InChI=1S/C12H10FN3O4S/c1-8-11(3-2-6-14-8)15-21(19,20)9-4-5-12(16(17)18)10(13)7-9/h2-7,15H,1H3. The molecular weight excluding hydrogens is 301 g/mol. The highest BCUT2D eigenvalue weighted by atomic mass is 32.2. The van der Waals surface area contributed by atoms with Crippen molar-refractivity contribution in [3.8, 4) is 0 Å². The van der Waals surface area contributed by atoms with E-state index in [-0.39, 0.29) is 5.69 Å². The number of nitrogens with one attached hydrogen (secondary N) is 1. The highest BCUT2D eigenvalue weighted by molar-refractivity contribution is 7.92. The summed E-state index contributed by atoms with van der Waals surface area (Å²) in [5.74, 6) is -1.22. The average Bonchev–Trinajstić information content (AvgIpc) is 2.40. The van der Waals surface area contributed by atoms with E-state index in [0.29, 0.717) is 11.8 Å². The van der Waals surface area contributed by atoms with Crippen LogP contribution in [0.4, 0.5) is 15.8 Å². The zero-order valence-electron chi connectivity index (χ0n) is 10.8. The summed E-state index contributed by atoms with van der Waals surface area (Å²) in [6.45, 7) is 1.61. The molecule has 9 heteroatoms.